The third kappa shape index (κ3) is 4.32. The van der Waals surface area contributed by atoms with Crippen LogP contribution in [-0.2, 0) is 9.53 Å². The summed E-state index contributed by atoms with van der Waals surface area (Å²) in [5.74, 6) is -0.344. The first-order chi connectivity index (χ1) is 11.9. The monoisotopic (exact) mass is 352 g/mol. The molecule has 9 heteroatoms. The van der Waals surface area contributed by atoms with E-state index in [0.717, 1.165) is 0 Å². The van der Waals surface area contributed by atoms with Crippen LogP contribution < -0.4 is 10.1 Å². The molecule has 1 aromatic carbocycles. The molecule has 136 valence electrons. The third-order valence-corrected chi connectivity index (χ3v) is 3.89. The lowest BCUT2D eigenvalue weighted by molar-refractivity contribution is -0.183. The minimum Gasteiger partial charge on any atom is -0.504 e. The minimum absolute atomic E-state index is 0.0252. The first-order valence-corrected chi connectivity index (χ1v) is 7.57. The lowest BCUT2D eigenvalue weighted by Gasteiger charge is -2.38. The maximum atomic E-state index is 12.0. The molecule has 5 unspecified atom stereocenters. The van der Waals surface area contributed by atoms with Crippen LogP contribution in [-0.4, -0.2) is 58.9 Å². The van der Waals surface area contributed by atoms with Crippen LogP contribution in [0.4, 0.5) is 0 Å². The van der Waals surface area contributed by atoms with Gasteiger partial charge in [0.05, 0.1) is 13.2 Å². The number of phenols is 1. The number of benzene rings is 1. The summed E-state index contributed by atoms with van der Waals surface area (Å²) in [6.07, 6.45) is -1.99. The molecular formula is C16H20N2O7. The van der Waals surface area contributed by atoms with Crippen LogP contribution >= 0.6 is 0 Å². The summed E-state index contributed by atoms with van der Waals surface area (Å²) in [6, 6.07) is 3.25. The Kier molecular flexibility index (Phi) is 6.07. The van der Waals surface area contributed by atoms with Crippen molar-refractivity contribution in [3.05, 3.63) is 34.7 Å². The molecule has 4 N–H and O–H groups in total. The Bertz CT molecular complexity index is 664. The Labute approximate surface area is 143 Å². The van der Waals surface area contributed by atoms with Crippen LogP contribution in [0.15, 0.2) is 29.5 Å². The Hall–Kier alpha value is -2.49. The van der Waals surface area contributed by atoms with Gasteiger partial charge in [0.1, 0.15) is 12.2 Å². The Morgan fingerprint density at radius 3 is 2.72 bits per heavy atom. The average molecular weight is 352 g/mol. The number of aliphatic hydroxyl groups is 2. The number of aromatic hydroxyl groups is 1. The van der Waals surface area contributed by atoms with Gasteiger partial charge in [0.15, 0.2) is 23.8 Å². The molecule has 1 fully saturated rings. The van der Waals surface area contributed by atoms with E-state index >= 15 is 0 Å². The van der Waals surface area contributed by atoms with Crippen molar-refractivity contribution in [1.29, 1.82) is 0 Å². The minimum atomic E-state index is -1.46. The van der Waals surface area contributed by atoms with E-state index in [1.54, 1.807) is 6.07 Å². The number of rotatable bonds is 5. The Balaban J connectivity index is 2.03. The molecule has 0 radical (unpaired) electrons. The number of ether oxygens (including phenoxy) is 2. The molecule has 0 saturated carbocycles. The number of nitrogens with one attached hydrogen (secondary N) is 1. The summed E-state index contributed by atoms with van der Waals surface area (Å²) in [6.45, 7) is 1.51. The number of hydrogen-bond donors (Lipinski definition) is 4. The van der Waals surface area contributed by atoms with Gasteiger partial charge in [-0.05, 0) is 30.7 Å². The van der Waals surface area contributed by atoms with Gasteiger partial charge in [-0.2, -0.15) is 4.91 Å². The predicted molar refractivity (Wildman–Crippen MR) is 87.8 cm³/mol. The normalized spacial score (nSPS) is 29.4. The summed E-state index contributed by atoms with van der Waals surface area (Å²) in [4.78, 5) is 22.8. The molecule has 1 aliphatic heterocycles. The summed E-state index contributed by atoms with van der Waals surface area (Å²) in [5.41, 5.74) is 0.603. The quantitative estimate of drug-likeness (QED) is 0.436. The summed E-state index contributed by atoms with van der Waals surface area (Å²) in [7, 11) is 1.41. The van der Waals surface area contributed by atoms with E-state index < -0.39 is 36.5 Å². The Morgan fingerprint density at radius 2 is 2.08 bits per heavy atom. The molecule has 2 rings (SSSR count). The van der Waals surface area contributed by atoms with Crippen LogP contribution in [0.5, 0.6) is 11.5 Å². The summed E-state index contributed by atoms with van der Waals surface area (Å²) >= 11 is 0. The maximum absolute atomic E-state index is 12.0. The van der Waals surface area contributed by atoms with Gasteiger partial charge in [-0.15, -0.1) is 0 Å². The van der Waals surface area contributed by atoms with E-state index in [0.29, 0.717) is 5.56 Å². The molecule has 9 nitrogen and oxygen atoms in total. The fraction of sp³-hybridized carbons (Fsp3) is 0.438. The lowest BCUT2D eigenvalue weighted by Crippen LogP contribution is -2.60. The number of nitrogens with zero attached hydrogens (tertiary/aromatic N) is 1. The van der Waals surface area contributed by atoms with Crippen molar-refractivity contribution in [2.24, 2.45) is 5.18 Å². The fourth-order valence-electron chi connectivity index (χ4n) is 2.45. The number of hydrogen-bond acceptors (Lipinski definition) is 8. The smallest absolute Gasteiger partial charge is 0.246 e. The Morgan fingerprint density at radius 1 is 1.36 bits per heavy atom. The summed E-state index contributed by atoms with van der Waals surface area (Å²) < 4.78 is 10.3. The molecule has 0 aliphatic carbocycles. The number of nitroso groups, excluding NO2 is 1. The molecule has 0 aromatic heterocycles. The topological polar surface area (TPSA) is 138 Å². The first kappa shape index (κ1) is 18.8. The van der Waals surface area contributed by atoms with Gasteiger partial charge in [-0.3, -0.25) is 4.79 Å². The highest BCUT2D eigenvalue weighted by atomic mass is 16.5. The zero-order chi connectivity index (χ0) is 18.6. The van der Waals surface area contributed by atoms with Crippen LogP contribution in [0.2, 0.25) is 0 Å². The van der Waals surface area contributed by atoms with Gasteiger partial charge >= 0.3 is 0 Å². The van der Waals surface area contributed by atoms with E-state index in [1.807, 2.05) is 0 Å². The number of aliphatic hydroxyl groups excluding tert-OH is 2. The number of carbonyl (C=O) groups excluding carboxylic acids is 1. The molecule has 1 heterocycles. The van der Waals surface area contributed by atoms with E-state index in [-0.39, 0.29) is 11.5 Å². The molecule has 25 heavy (non-hydrogen) atoms. The van der Waals surface area contributed by atoms with Gasteiger partial charge in [-0.25, -0.2) is 0 Å². The lowest BCUT2D eigenvalue weighted by atomic mass is 9.97. The average Bonchev–Trinajstić information content (AvgIpc) is 2.59. The molecular weight excluding hydrogens is 332 g/mol. The second-order valence-corrected chi connectivity index (χ2v) is 5.61. The highest BCUT2D eigenvalue weighted by Gasteiger charge is 2.44. The fourth-order valence-corrected chi connectivity index (χ4v) is 2.45. The molecule has 1 amide bonds. The van der Waals surface area contributed by atoms with Gasteiger partial charge in [0.25, 0.3) is 0 Å². The first-order valence-electron chi connectivity index (χ1n) is 7.57. The second-order valence-electron chi connectivity index (χ2n) is 5.61. The van der Waals surface area contributed by atoms with Gasteiger partial charge in [0.2, 0.25) is 5.91 Å². The van der Waals surface area contributed by atoms with Crippen LogP contribution in [0, 0.1) is 4.91 Å². The number of phenolic OH excluding ortho intramolecular Hbond substituents is 1. The van der Waals surface area contributed by atoms with Crippen molar-refractivity contribution < 1.29 is 29.6 Å². The second kappa shape index (κ2) is 8.06. The third-order valence-electron chi connectivity index (χ3n) is 3.89. The molecule has 1 aliphatic rings. The molecule has 1 saturated heterocycles. The van der Waals surface area contributed by atoms with Crippen molar-refractivity contribution in [3.8, 4) is 11.5 Å². The van der Waals surface area contributed by atoms with E-state index in [1.165, 1.54) is 38.3 Å². The molecule has 0 bridgehead atoms. The maximum Gasteiger partial charge on any atom is 0.246 e. The van der Waals surface area contributed by atoms with Crippen molar-refractivity contribution in [3.63, 3.8) is 0 Å². The molecule has 0 spiro atoms. The largest absolute Gasteiger partial charge is 0.504 e. The predicted octanol–water partition coefficient (Wildman–Crippen LogP) is 0.132. The van der Waals surface area contributed by atoms with Crippen molar-refractivity contribution in [1.82, 2.24) is 5.32 Å². The van der Waals surface area contributed by atoms with Gasteiger partial charge < -0.3 is 30.1 Å². The number of methoxy groups -OCH3 is 1. The van der Waals surface area contributed by atoms with Crippen molar-refractivity contribution in [2.75, 3.05) is 7.11 Å². The van der Waals surface area contributed by atoms with Crippen LogP contribution in [0.25, 0.3) is 6.08 Å². The van der Waals surface area contributed by atoms with Crippen LogP contribution in [0.3, 0.4) is 0 Å². The van der Waals surface area contributed by atoms with Crippen molar-refractivity contribution >= 4 is 12.0 Å². The van der Waals surface area contributed by atoms with Gasteiger partial charge in [-0.1, -0.05) is 11.2 Å². The number of amides is 1. The standard InChI is InChI=1S/C16H20N2O7/c1-8-14(21)13(18-23)15(22)16(25-8)17-12(20)6-4-9-3-5-10(19)11(7-9)24-2/h3-8,13-16,19,21-22H,1-2H3,(H,17,20)/b6-4+. The van der Waals surface area contributed by atoms with E-state index in [4.69, 9.17) is 9.47 Å². The molecule has 5 atom stereocenters. The SMILES string of the molecule is COc1cc(/C=C/C(=O)NC2OC(C)C(O)C(N=O)C2O)ccc1O. The van der Waals surface area contributed by atoms with Crippen LogP contribution in [0.1, 0.15) is 12.5 Å². The number of carbonyl (C=O) groups is 1. The van der Waals surface area contributed by atoms with Crippen molar-refractivity contribution in [2.45, 2.75) is 37.5 Å². The zero-order valence-corrected chi connectivity index (χ0v) is 13.7. The van der Waals surface area contributed by atoms with E-state index in [9.17, 15) is 25.0 Å². The van der Waals surface area contributed by atoms with Gasteiger partial charge in [0, 0.05) is 6.08 Å². The zero-order valence-electron chi connectivity index (χ0n) is 13.7. The highest BCUT2D eigenvalue weighted by molar-refractivity contribution is 5.92. The highest BCUT2D eigenvalue weighted by Crippen LogP contribution is 2.26. The molecule has 1 aromatic rings. The van der Waals surface area contributed by atoms with E-state index in [2.05, 4.69) is 10.5 Å². The summed E-state index contributed by atoms with van der Waals surface area (Å²) in [5, 5.41) is 34.4.